The van der Waals surface area contributed by atoms with E-state index >= 15 is 0 Å². The maximum absolute atomic E-state index is 11.1. The number of aliphatic hydroxyl groups is 1. The minimum atomic E-state index is -0.524. The van der Waals surface area contributed by atoms with Crippen LogP contribution < -0.4 is 4.74 Å². The van der Waals surface area contributed by atoms with Crippen LogP contribution >= 0.6 is 11.3 Å². The molecule has 2 aromatic heterocycles. The zero-order chi connectivity index (χ0) is 14.1. The maximum atomic E-state index is 11.1. The first-order valence-corrected chi connectivity index (χ1v) is 6.54. The Labute approximate surface area is 116 Å². The van der Waals surface area contributed by atoms with Crippen molar-refractivity contribution in [3.05, 3.63) is 51.5 Å². The van der Waals surface area contributed by atoms with E-state index in [1.807, 2.05) is 0 Å². The summed E-state index contributed by atoms with van der Waals surface area (Å²) in [5.41, 5.74) is 0.734. The molecule has 0 spiro atoms. The molecule has 0 saturated carbocycles. The Hall–Kier alpha value is -2.45. The van der Waals surface area contributed by atoms with Crippen LogP contribution in [0.1, 0.15) is 5.56 Å². The van der Waals surface area contributed by atoms with Crippen LogP contribution in [-0.2, 0) is 6.61 Å². The molecule has 1 N–H and O–H groups in total. The Morgan fingerprint density at radius 3 is 2.80 bits per heavy atom. The second kappa shape index (κ2) is 4.91. The monoisotopic (exact) mass is 291 g/mol. The molecule has 0 atom stereocenters. The number of fused-ring (bicyclic) bond motifs is 1. The van der Waals surface area contributed by atoms with Crippen molar-refractivity contribution in [2.75, 3.05) is 0 Å². The number of rotatable bonds is 4. The summed E-state index contributed by atoms with van der Waals surface area (Å²) in [5.74, 6) is 0.183. The molecule has 0 amide bonds. The molecule has 3 rings (SSSR count). The summed E-state index contributed by atoms with van der Waals surface area (Å²) in [5, 5.41) is 21.8. The van der Waals surface area contributed by atoms with Crippen LogP contribution in [0.15, 0.2) is 35.8 Å². The van der Waals surface area contributed by atoms with Gasteiger partial charge in [-0.15, -0.1) is 0 Å². The van der Waals surface area contributed by atoms with Gasteiger partial charge in [-0.1, -0.05) is 23.5 Å². The van der Waals surface area contributed by atoms with Crippen LogP contribution in [-0.4, -0.2) is 19.4 Å². The third kappa shape index (κ3) is 2.10. The first kappa shape index (κ1) is 12.6. The van der Waals surface area contributed by atoms with Gasteiger partial charge in [-0.3, -0.25) is 0 Å². The van der Waals surface area contributed by atoms with Crippen molar-refractivity contribution < 1.29 is 14.8 Å². The predicted molar refractivity (Wildman–Crippen MR) is 72.2 cm³/mol. The molecule has 1 aromatic carbocycles. The van der Waals surface area contributed by atoms with E-state index in [4.69, 9.17) is 9.84 Å². The highest BCUT2D eigenvalue weighted by Gasteiger charge is 2.25. The van der Waals surface area contributed by atoms with E-state index < -0.39 is 4.92 Å². The number of hydrogen-bond donors (Lipinski definition) is 1. The van der Waals surface area contributed by atoms with Crippen molar-refractivity contribution in [1.29, 1.82) is 0 Å². The Bertz CT molecular complexity index is 763. The van der Waals surface area contributed by atoms with Crippen LogP contribution in [0.3, 0.4) is 0 Å². The molecule has 20 heavy (non-hydrogen) atoms. The van der Waals surface area contributed by atoms with Crippen molar-refractivity contribution in [3.63, 3.8) is 0 Å². The lowest BCUT2D eigenvalue weighted by molar-refractivity contribution is -0.391. The largest absolute Gasteiger partial charge is 0.433 e. The third-order valence-corrected chi connectivity index (χ3v) is 3.46. The summed E-state index contributed by atoms with van der Waals surface area (Å²) in [6, 6.07) is 6.62. The van der Waals surface area contributed by atoms with E-state index in [2.05, 4.69) is 4.98 Å². The molecular weight excluding hydrogens is 282 g/mol. The molecule has 0 saturated heterocycles. The van der Waals surface area contributed by atoms with Crippen molar-refractivity contribution in [2.45, 2.75) is 6.61 Å². The number of thiazole rings is 1. The normalized spacial score (nSPS) is 10.8. The Morgan fingerprint density at radius 1 is 1.40 bits per heavy atom. The fourth-order valence-electron chi connectivity index (χ4n) is 1.76. The molecule has 2 heterocycles. The standard InChI is InChI=1S/C12H9N3O4S/c16-7-8-1-3-9(4-2-8)19-10-11(15(17)18)14-5-6-20-12(14)13-10/h1-6,16H,7H2. The lowest BCUT2D eigenvalue weighted by Gasteiger charge is -2.03. The highest BCUT2D eigenvalue weighted by molar-refractivity contribution is 7.15. The molecule has 0 bridgehead atoms. The van der Waals surface area contributed by atoms with E-state index in [-0.39, 0.29) is 18.3 Å². The Kier molecular flexibility index (Phi) is 3.09. The second-order valence-electron chi connectivity index (χ2n) is 3.96. The minimum Gasteiger partial charge on any atom is -0.433 e. The first-order valence-electron chi connectivity index (χ1n) is 5.66. The van der Waals surface area contributed by atoms with Crippen LogP contribution in [0.2, 0.25) is 0 Å². The van der Waals surface area contributed by atoms with Gasteiger partial charge < -0.3 is 20.0 Å². The van der Waals surface area contributed by atoms with E-state index in [0.717, 1.165) is 5.56 Å². The number of imidazole rings is 1. The molecule has 0 aliphatic carbocycles. The van der Waals surface area contributed by atoms with Gasteiger partial charge in [-0.2, -0.15) is 9.38 Å². The molecule has 7 nitrogen and oxygen atoms in total. The summed E-state index contributed by atoms with van der Waals surface area (Å²) >= 11 is 1.29. The summed E-state index contributed by atoms with van der Waals surface area (Å²) in [6.07, 6.45) is 1.58. The average molecular weight is 291 g/mol. The fraction of sp³-hybridized carbons (Fsp3) is 0.0833. The number of aromatic nitrogens is 2. The molecule has 8 heteroatoms. The molecule has 3 aromatic rings. The minimum absolute atomic E-state index is 0.0430. The fourth-order valence-corrected chi connectivity index (χ4v) is 2.46. The molecule has 102 valence electrons. The van der Waals surface area contributed by atoms with E-state index in [1.54, 1.807) is 35.8 Å². The molecule has 0 unspecified atom stereocenters. The number of nitro groups is 1. The highest BCUT2D eigenvalue weighted by Crippen LogP contribution is 2.33. The van der Waals surface area contributed by atoms with E-state index in [1.165, 1.54) is 15.7 Å². The van der Waals surface area contributed by atoms with Gasteiger partial charge in [0.25, 0.3) is 4.96 Å². The summed E-state index contributed by atoms with van der Waals surface area (Å²) in [4.78, 5) is 15.2. The SMILES string of the molecule is O=[N+]([O-])c1c(Oc2ccc(CO)cc2)nc2sccn12. The van der Waals surface area contributed by atoms with Crippen LogP contribution in [0.25, 0.3) is 4.96 Å². The molecular formula is C12H9N3O4S. The average Bonchev–Trinajstić information content (AvgIpc) is 2.99. The Morgan fingerprint density at radius 2 is 2.15 bits per heavy atom. The molecule has 0 radical (unpaired) electrons. The summed E-state index contributed by atoms with van der Waals surface area (Å²) in [7, 11) is 0. The zero-order valence-corrected chi connectivity index (χ0v) is 10.9. The lowest BCUT2D eigenvalue weighted by atomic mass is 10.2. The summed E-state index contributed by atoms with van der Waals surface area (Å²) < 4.78 is 6.84. The van der Waals surface area contributed by atoms with Gasteiger partial charge in [0.2, 0.25) is 0 Å². The van der Waals surface area contributed by atoms with Gasteiger partial charge in [0.15, 0.2) is 0 Å². The van der Waals surface area contributed by atoms with E-state index in [9.17, 15) is 10.1 Å². The number of nitrogens with zero attached hydrogens (tertiary/aromatic N) is 3. The lowest BCUT2D eigenvalue weighted by Crippen LogP contribution is -1.95. The molecule has 0 aliphatic rings. The predicted octanol–water partition coefficient (Wildman–Crippen LogP) is 2.59. The number of hydrogen-bond acceptors (Lipinski definition) is 6. The molecule has 0 fully saturated rings. The highest BCUT2D eigenvalue weighted by atomic mass is 32.1. The van der Waals surface area contributed by atoms with Crippen molar-refractivity contribution in [3.8, 4) is 11.6 Å². The van der Waals surface area contributed by atoms with Gasteiger partial charge in [0, 0.05) is 5.38 Å². The quantitative estimate of drug-likeness (QED) is 0.589. The van der Waals surface area contributed by atoms with Crippen LogP contribution in [0, 0.1) is 10.1 Å². The van der Waals surface area contributed by atoms with Crippen molar-refractivity contribution >= 4 is 22.1 Å². The van der Waals surface area contributed by atoms with Gasteiger partial charge >= 0.3 is 11.7 Å². The number of benzene rings is 1. The van der Waals surface area contributed by atoms with Gasteiger partial charge in [0.05, 0.1) is 6.61 Å². The van der Waals surface area contributed by atoms with Gasteiger partial charge in [-0.25, -0.2) is 0 Å². The Balaban J connectivity index is 1.98. The van der Waals surface area contributed by atoms with Crippen molar-refractivity contribution in [2.24, 2.45) is 0 Å². The van der Waals surface area contributed by atoms with Gasteiger partial charge in [-0.05, 0) is 22.6 Å². The number of aliphatic hydroxyl groups excluding tert-OH is 1. The third-order valence-electron chi connectivity index (χ3n) is 2.70. The number of ether oxygens (including phenoxy) is 1. The van der Waals surface area contributed by atoms with E-state index in [0.29, 0.717) is 10.7 Å². The second-order valence-corrected chi connectivity index (χ2v) is 4.83. The smallest absolute Gasteiger partial charge is 0.393 e. The zero-order valence-electron chi connectivity index (χ0n) is 10.1. The van der Waals surface area contributed by atoms with Crippen LogP contribution in [0.5, 0.6) is 11.6 Å². The van der Waals surface area contributed by atoms with Crippen LogP contribution in [0.4, 0.5) is 5.82 Å². The molecule has 0 aliphatic heterocycles. The van der Waals surface area contributed by atoms with Gasteiger partial charge in [0.1, 0.15) is 11.9 Å². The summed E-state index contributed by atoms with van der Waals surface area (Å²) in [6.45, 7) is -0.0688. The van der Waals surface area contributed by atoms with Crippen molar-refractivity contribution in [1.82, 2.24) is 9.38 Å². The topological polar surface area (TPSA) is 89.9 Å². The first-order chi connectivity index (χ1) is 9.69. The maximum Gasteiger partial charge on any atom is 0.393 e.